The van der Waals surface area contributed by atoms with Crippen molar-refractivity contribution in [2.45, 2.75) is 13.8 Å². The summed E-state index contributed by atoms with van der Waals surface area (Å²) in [4.78, 5) is 14.1. The van der Waals surface area contributed by atoms with Crippen molar-refractivity contribution in [3.05, 3.63) is 23.8 Å². The molecule has 1 aromatic carbocycles. The predicted molar refractivity (Wildman–Crippen MR) is 69.5 cm³/mol. The van der Waals surface area contributed by atoms with E-state index in [-0.39, 0.29) is 5.78 Å². The monoisotopic (exact) mass is 236 g/mol. The number of carbonyl (C=O) groups is 1. The van der Waals surface area contributed by atoms with E-state index in [1.807, 2.05) is 13.8 Å². The standard InChI is InChI=1S/C13H20N2O2/c1-4-15(5-2)9-12(16)10-6-7-13(17-3)11(14)8-10/h6-8H,4-5,9,14H2,1-3H3. The van der Waals surface area contributed by atoms with Crippen molar-refractivity contribution < 1.29 is 9.53 Å². The summed E-state index contributed by atoms with van der Waals surface area (Å²) in [5.41, 5.74) is 6.91. The van der Waals surface area contributed by atoms with Crippen LogP contribution in [-0.4, -0.2) is 37.4 Å². The average Bonchev–Trinajstić information content (AvgIpc) is 2.35. The van der Waals surface area contributed by atoms with Gasteiger partial charge in [-0.3, -0.25) is 9.69 Å². The highest BCUT2D eigenvalue weighted by atomic mass is 16.5. The molecule has 0 spiro atoms. The number of nitrogens with two attached hydrogens (primary N) is 1. The van der Waals surface area contributed by atoms with Gasteiger partial charge in [-0.2, -0.15) is 0 Å². The number of ether oxygens (including phenoxy) is 1. The lowest BCUT2D eigenvalue weighted by molar-refractivity contribution is 0.0937. The number of carbonyl (C=O) groups excluding carboxylic acids is 1. The van der Waals surface area contributed by atoms with E-state index in [2.05, 4.69) is 4.90 Å². The van der Waals surface area contributed by atoms with Crippen molar-refractivity contribution in [2.75, 3.05) is 32.5 Å². The van der Waals surface area contributed by atoms with Crippen LogP contribution in [0.3, 0.4) is 0 Å². The number of ketones is 1. The second kappa shape index (κ2) is 6.25. The van der Waals surface area contributed by atoms with E-state index in [9.17, 15) is 4.79 Å². The Morgan fingerprint density at radius 1 is 1.35 bits per heavy atom. The molecule has 1 rings (SSSR count). The van der Waals surface area contributed by atoms with Crippen molar-refractivity contribution in [3.8, 4) is 5.75 Å². The topological polar surface area (TPSA) is 55.6 Å². The van der Waals surface area contributed by atoms with Crippen LogP contribution in [0.1, 0.15) is 24.2 Å². The molecule has 0 atom stereocenters. The van der Waals surface area contributed by atoms with Crippen LogP contribution in [0.2, 0.25) is 0 Å². The molecular formula is C13H20N2O2. The molecule has 0 heterocycles. The maximum Gasteiger partial charge on any atom is 0.176 e. The van der Waals surface area contributed by atoms with Gasteiger partial charge in [0.25, 0.3) is 0 Å². The van der Waals surface area contributed by atoms with Gasteiger partial charge in [-0.1, -0.05) is 13.8 Å². The number of hydrogen-bond donors (Lipinski definition) is 1. The molecule has 0 bridgehead atoms. The minimum atomic E-state index is 0.0862. The Labute approximate surface area is 102 Å². The van der Waals surface area contributed by atoms with E-state index in [1.54, 1.807) is 25.3 Å². The highest BCUT2D eigenvalue weighted by Crippen LogP contribution is 2.22. The van der Waals surface area contributed by atoms with Gasteiger partial charge in [0.05, 0.1) is 19.3 Å². The Morgan fingerprint density at radius 2 is 2.00 bits per heavy atom. The van der Waals surface area contributed by atoms with Gasteiger partial charge in [-0.05, 0) is 31.3 Å². The molecule has 0 saturated carbocycles. The first-order valence-corrected chi connectivity index (χ1v) is 5.81. The lowest BCUT2D eigenvalue weighted by atomic mass is 10.1. The first-order chi connectivity index (χ1) is 8.12. The molecule has 4 nitrogen and oxygen atoms in total. The Morgan fingerprint density at radius 3 is 2.47 bits per heavy atom. The molecule has 1 aromatic rings. The third-order valence-corrected chi connectivity index (χ3v) is 2.81. The van der Waals surface area contributed by atoms with Gasteiger partial charge in [0.2, 0.25) is 0 Å². The fourth-order valence-corrected chi connectivity index (χ4v) is 1.65. The number of nitrogen functional groups attached to an aromatic ring is 1. The Bertz CT molecular complexity index is 387. The van der Waals surface area contributed by atoms with Gasteiger partial charge in [0, 0.05) is 5.56 Å². The van der Waals surface area contributed by atoms with Crippen LogP contribution in [0.4, 0.5) is 5.69 Å². The van der Waals surface area contributed by atoms with Crippen LogP contribution in [0.15, 0.2) is 18.2 Å². The number of hydrogen-bond acceptors (Lipinski definition) is 4. The summed E-state index contributed by atoms with van der Waals surface area (Å²) in [6.07, 6.45) is 0. The van der Waals surface area contributed by atoms with Crippen LogP contribution in [0.25, 0.3) is 0 Å². The first kappa shape index (κ1) is 13.5. The molecular weight excluding hydrogens is 216 g/mol. The summed E-state index contributed by atoms with van der Waals surface area (Å²) in [5, 5.41) is 0. The number of benzene rings is 1. The smallest absolute Gasteiger partial charge is 0.176 e. The fourth-order valence-electron chi connectivity index (χ4n) is 1.65. The van der Waals surface area contributed by atoms with E-state index in [0.29, 0.717) is 23.5 Å². The van der Waals surface area contributed by atoms with Crippen molar-refractivity contribution in [1.29, 1.82) is 0 Å². The molecule has 0 fully saturated rings. The summed E-state index contributed by atoms with van der Waals surface area (Å²) in [6, 6.07) is 5.15. The molecule has 0 aliphatic heterocycles. The summed E-state index contributed by atoms with van der Waals surface area (Å²) >= 11 is 0. The van der Waals surface area contributed by atoms with E-state index in [1.165, 1.54) is 0 Å². The predicted octanol–water partition coefficient (Wildman–Crippen LogP) is 1.80. The van der Waals surface area contributed by atoms with Crippen molar-refractivity contribution >= 4 is 11.5 Å². The van der Waals surface area contributed by atoms with Gasteiger partial charge in [-0.15, -0.1) is 0 Å². The number of likely N-dealkylation sites (N-methyl/N-ethyl adjacent to an activating group) is 1. The zero-order valence-electron chi connectivity index (χ0n) is 10.7. The van der Waals surface area contributed by atoms with Gasteiger partial charge in [0.15, 0.2) is 5.78 Å². The molecule has 0 aromatic heterocycles. The molecule has 0 aliphatic carbocycles. The maximum atomic E-state index is 12.0. The minimum absolute atomic E-state index is 0.0862. The molecule has 0 saturated heterocycles. The number of rotatable bonds is 6. The van der Waals surface area contributed by atoms with Gasteiger partial charge in [-0.25, -0.2) is 0 Å². The lowest BCUT2D eigenvalue weighted by Crippen LogP contribution is -2.29. The maximum absolute atomic E-state index is 12.0. The summed E-state index contributed by atoms with van der Waals surface area (Å²) in [7, 11) is 1.56. The Kier molecular flexibility index (Phi) is 4.97. The Hall–Kier alpha value is -1.55. The summed E-state index contributed by atoms with van der Waals surface area (Å²) in [6.45, 7) is 6.25. The second-order valence-corrected chi connectivity index (χ2v) is 3.84. The molecule has 0 radical (unpaired) electrons. The fraction of sp³-hybridized carbons (Fsp3) is 0.462. The van der Waals surface area contributed by atoms with Crippen LogP contribution in [0.5, 0.6) is 5.75 Å². The van der Waals surface area contributed by atoms with Crippen molar-refractivity contribution in [2.24, 2.45) is 0 Å². The number of nitrogens with zero attached hydrogens (tertiary/aromatic N) is 1. The number of methoxy groups -OCH3 is 1. The first-order valence-electron chi connectivity index (χ1n) is 5.81. The number of Topliss-reactive ketones (excluding diaryl/α,β-unsaturated/α-hetero) is 1. The SMILES string of the molecule is CCN(CC)CC(=O)c1ccc(OC)c(N)c1. The van der Waals surface area contributed by atoms with Gasteiger partial charge < -0.3 is 10.5 Å². The molecule has 0 aliphatic rings. The average molecular weight is 236 g/mol. The quantitative estimate of drug-likeness (QED) is 0.604. The highest BCUT2D eigenvalue weighted by Gasteiger charge is 2.11. The van der Waals surface area contributed by atoms with E-state index >= 15 is 0 Å². The molecule has 94 valence electrons. The Balaban J connectivity index is 2.79. The van der Waals surface area contributed by atoms with E-state index in [4.69, 9.17) is 10.5 Å². The van der Waals surface area contributed by atoms with E-state index in [0.717, 1.165) is 13.1 Å². The van der Waals surface area contributed by atoms with Crippen LogP contribution < -0.4 is 10.5 Å². The molecule has 0 amide bonds. The summed E-state index contributed by atoms with van der Waals surface area (Å²) in [5.74, 6) is 0.687. The third kappa shape index (κ3) is 3.46. The van der Waals surface area contributed by atoms with Crippen molar-refractivity contribution in [1.82, 2.24) is 4.90 Å². The van der Waals surface area contributed by atoms with Crippen LogP contribution in [0, 0.1) is 0 Å². The number of anilines is 1. The van der Waals surface area contributed by atoms with Gasteiger partial charge in [0.1, 0.15) is 5.75 Å². The summed E-state index contributed by atoms with van der Waals surface area (Å²) < 4.78 is 5.06. The van der Waals surface area contributed by atoms with Crippen molar-refractivity contribution in [3.63, 3.8) is 0 Å². The van der Waals surface area contributed by atoms with Crippen LogP contribution >= 0.6 is 0 Å². The lowest BCUT2D eigenvalue weighted by Gasteiger charge is -2.17. The molecule has 0 unspecified atom stereocenters. The largest absolute Gasteiger partial charge is 0.495 e. The van der Waals surface area contributed by atoms with E-state index < -0.39 is 0 Å². The minimum Gasteiger partial charge on any atom is -0.495 e. The molecule has 2 N–H and O–H groups in total. The molecule has 17 heavy (non-hydrogen) atoms. The van der Waals surface area contributed by atoms with Crippen LogP contribution in [-0.2, 0) is 0 Å². The zero-order valence-corrected chi connectivity index (χ0v) is 10.7. The van der Waals surface area contributed by atoms with Gasteiger partial charge >= 0.3 is 0 Å². The highest BCUT2D eigenvalue weighted by molar-refractivity contribution is 5.98. The normalized spacial score (nSPS) is 10.6. The molecule has 4 heteroatoms. The second-order valence-electron chi connectivity index (χ2n) is 3.84. The zero-order chi connectivity index (χ0) is 12.8. The third-order valence-electron chi connectivity index (χ3n) is 2.81.